The van der Waals surface area contributed by atoms with Gasteiger partial charge in [-0.3, -0.25) is 4.55 Å². The SMILES string of the molecule is NCCOCCOCCOCCOCCOCCS(=O)(=O)O. The molecular formula is C12H27NO8S. The average molecular weight is 345 g/mol. The van der Waals surface area contributed by atoms with Crippen molar-refractivity contribution < 1.29 is 36.7 Å². The standard InChI is InChI=1S/C12H27NO8S/c13-1-2-17-3-4-18-5-6-19-7-8-20-9-10-21-11-12-22(14,15)16/h1-13H2,(H,14,15,16). The Kier molecular flexibility index (Phi) is 15.3. The Labute approximate surface area is 131 Å². The topological polar surface area (TPSA) is 127 Å². The van der Waals surface area contributed by atoms with Gasteiger partial charge in [0.15, 0.2) is 0 Å². The van der Waals surface area contributed by atoms with Crippen LogP contribution in [0.3, 0.4) is 0 Å². The molecule has 0 unspecified atom stereocenters. The number of ether oxygens (including phenoxy) is 5. The summed E-state index contributed by atoms with van der Waals surface area (Å²) in [7, 11) is -3.95. The van der Waals surface area contributed by atoms with Gasteiger partial charge >= 0.3 is 0 Å². The molecule has 0 amide bonds. The van der Waals surface area contributed by atoms with Gasteiger partial charge in [0.2, 0.25) is 0 Å². The van der Waals surface area contributed by atoms with E-state index in [1.807, 2.05) is 0 Å². The minimum Gasteiger partial charge on any atom is -0.378 e. The molecule has 3 N–H and O–H groups in total. The second-order valence-corrected chi connectivity index (χ2v) is 5.71. The summed E-state index contributed by atoms with van der Waals surface area (Å²) in [4.78, 5) is 0. The zero-order valence-electron chi connectivity index (χ0n) is 12.8. The molecule has 0 aromatic rings. The molecule has 0 fully saturated rings. The van der Waals surface area contributed by atoms with E-state index in [1.165, 1.54) is 0 Å². The Morgan fingerprint density at radius 3 is 1.27 bits per heavy atom. The van der Waals surface area contributed by atoms with Gasteiger partial charge in [-0.15, -0.1) is 0 Å². The summed E-state index contributed by atoms with van der Waals surface area (Å²) in [6, 6.07) is 0. The van der Waals surface area contributed by atoms with Gasteiger partial charge in [-0.2, -0.15) is 8.42 Å². The van der Waals surface area contributed by atoms with Gasteiger partial charge in [-0.1, -0.05) is 0 Å². The van der Waals surface area contributed by atoms with Crippen LogP contribution in [0.25, 0.3) is 0 Å². The summed E-state index contributed by atoms with van der Waals surface area (Å²) in [5.41, 5.74) is 5.26. The molecule has 0 rings (SSSR count). The molecule has 0 spiro atoms. The first-order valence-electron chi connectivity index (χ1n) is 7.10. The van der Waals surface area contributed by atoms with E-state index in [4.69, 9.17) is 34.0 Å². The van der Waals surface area contributed by atoms with Crippen molar-refractivity contribution in [3.63, 3.8) is 0 Å². The molecule has 0 saturated heterocycles. The van der Waals surface area contributed by atoms with Crippen LogP contribution in [0.5, 0.6) is 0 Å². The Morgan fingerprint density at radius 1 is 0.636 bits per heavy atom. The summed E-state index contributed by atoms with van der Waals surface area (Å²) in [6.45, 7) is 4.47. The summed E-state index contributed by atoms with van der Waals surface area (Å²) in [5.74, 6) is -0.409. The van der Waals surface area contributed by atoms with Crippen LogP contribution in [0.15, 0.2) is 0 Å². The largest absolute Gasteiger partial charge is 0.378 e. The second-order valence-electron chi connectivity index (χ2n) is 4.14. The van der Waals surface area contributed by atoms with Gasteiger partial charge in [0.1, 0.15) is 0 Å². The fraction of sp³-hybridized carbons (Fsp3) is 1.00. The van der Waals surface area contributed by atoms with Crippen LogP contribution in [0.2, 0.25) is 0 Å². The highest BCUT2D eigenvalue weighted by Gasteiger charge is 2.03. The predicted octanol–water partition coefficient (Wildman–Crippen LogP) is -1.08. The lowest BCUT2D eigenvalue weighted by Crippen LogP contribution is -2.15. The van der Waals surface area contributed by atoms with Crippen LogP contribution in [0.1, 0.15) is 0 Å². The molecule has 22 heavy (non-hydrogen) atoms. The van der Waals surface area contributed by atoms with Crippen LogP contribution < -0.4 is 5.73 Å². The fourth-order valence-electron chi connectivity index (χ4n) is 1.23. The van der Waals surface area contributed by atoms with E-state index in [-0.39, 0.29) is 13.2 Å². The minimum absolute atomic E-state index is 0.0506. The average Bonchev–Trinajstić information content (AvgIpc) is 2.45. The lowest BCUT2D eigenvalue weighted by atomic mass is 10.7. The van der Waals surface area contributed by atoms with E-state index in [2.05, 4.69) is 0 Å². The quantitative estimate of drug-likeness (QED) is 0.250. The van der Waals surface area contributed by atoms with E-state index < -0.39 is 15.9 Å². The van der Waals surface area contributed by atoms with Crippen molar-refractivity contribution in [2.45, 2.75) is 0 Å². The summed E-state index contributed by atoms with van der Waals surface area (Å²) >= 11 is 0. The van der Waals surface area contributed by atoms with Crippen LogP contribution >= 0.6 is 0 Å². The first-order chi connectivity index (χ1) is 10.6. The smallest absolute Gasteiger partial charge is 0.267 e. The molecule has 0 atom stereocenters. The normalized spacial score (nSPS) is 11.9. The van der Waals surface area contributed by atoms with Crippen LogP contribution in [0.4, 0.5) is 0 Å². The Hall–Kier alpha value is -0.330. The van der Waals surface area contributed by atoms with Crippen molar-refractivity contribution >= 4 is 10.1 Å². The number of hydrogen-bond acceptors (Lipinski definition) is 8. The van der Waals surface area contributed by atoms with Crippen LogP contribution in [0, 0.1) is 0 Å². The third kappa shape index (κ3) is 19.7. The zero-order chi connectivity index (χ0) is 16.5. The molecule has 0 heterocycles. The van der Waals surface area contributed by atoms with Gasteiger partial charge in [-0.05, 0) is 0 Å². The third-order valence-electron chi connectivity index (χ3n) is 2.24. The number of rotatable bonds is 17. The molecule has 10 heteroatoms. The summed E-state index contributed by atoms with van der Waals surface area (Å²) in [6.07, 6.45) is 0. The summed E-state index contributed by atoms with van der Waals surface area (Å²) < 4.78 is 55.1. The maximum atomic E-state index is 10.4. The molecule has 0 radical (unpaired) electrons. The van der Waals surface area contributed by atoms with Crippen molar-refractivity contribution in [3.05, 3.63) is 0 Å². The second kappa shape index (κ2) is 15.6. The van der Waals surface area contributed by atoms with Gasteiger partial charge < -0.3 is 29.4 Å². The van der Waals surface area contributed by atoms with Crippen molar-refractivity contribution in [1.82, 2.24) is 0 Å². The van der Waals surface area contributed by atoms with E-state index in [1.54, 1.807) is 0 Å². The molecule has 9 nitrogen and oxygen atoms in total. The molecule has 0 bridgehead atoms. The highest BCUT2D eigenvalue weighted by atomic mass is 32.2. The molecule has 0 aliphatic rings. The Bertz CT molecular complexity index is 325. The van der Waals surface area contributed by atoms with Crippen molar-refractivity contribution in [1.29, 1.82) is 0 Å². The van der Waals surface area contributed by atoms with Gasteiger partial charge in [0.25, 0.3) is 10.1 Å². The molecule has 0 saturated carbocycles. The number of nitrogens with two attached hydrogens (primary N) is 1. The zero-order valence-corrected chi connectivity index (χ0v) is 13.6. The van der Waals surface area contributed by atoms with E-state index in [9.17, 15) is 8.42 Å². The fourth-order valence-corrected chi connectivity index (χ4v) is 1.56. The number of hydrogen-bond donors (Lipinski definition) is 2. The van der Waals surface area contributed by atoms with E-state index in [0.29, 0.717) is 59.4 Å². The highest BCUT2D eigenvalue weighted by Crippen LogP contribution is 1.86. The Morgan fingerprint density at radius 2 is 0.955 bits per heavy atom. The third-order valence-corrected chi connectivity index (χ3v) is 2.92. The van der Waals surface area contributed by atoms with Gasteiger partial charge in [-0.25, -0.2) is 0 Å². The van der Waals surface area contributed by atoms with Gasteiger partial charge in [0, 0.05) is 6.54 Å². The Balaban J connectivity index is 3.03. The lowest BCUT2D eigenvalue weighted by molar-refractivity contribution is -0.00960. The molecule has 0 aliphatic heterocycles. The minimum atomic E-state index is -3.95. The highest BCUT2D eigenvalue weighted by molar-refractivity contribution is 7.85. The van der Waals surface area contributed by atoms with E-state index >= 15 is 0 Å². The van der Waals surface area contributed by atoms with Crippen molar-refractivity contribution in [2.75, 3.05) is 78.4 Å². The predicted molar refractivity (Wildman–Crippen MR) is 79.6 cm³/mol. The molecule has 0 aromatic carbocycles. The van der Waals surface area contributed by atoms with Crippen molar-refractivity contribution in [2.24, 2.45) is 5.73 Å². The first kappa shape index (κ1) is 21.7. The maximum Gasteiger partial charge on any atom is 0.267 e. The monoisotopic (exact) mass is 345 g/mol. The van der Waals surface area contributed by atoms with Gasteiger partial charge in [0.05, 0.1) is 71.8 Å². The summed E-state index contributed by atoms with van der Waals surface area (Å²) in [5, 5.41) is 0. The molecule has 0 aliphatic carbocycles. The molecular weight excluding hydrogens is 318 g/mol. The van der Waals surface area contributed by atoms with Crippen molar-refractivity contribution in [3.8, 4) is 0 Å². The molecule has 0 aromatic heterocycles. The first-order valence-corrected chi connectivity index (χ1v) is 8.71. The van der Waals surface area contributed by atoms with Crippen LogP contribution in [-0.2, 0) is 33.8 Å². The maximum absolute atomic E-state index is 10.4. The lowest BCUT2D eigenvalue weighted by Gasteiger charge is -2.07. The van der Waals surface area contributed by atoms with Crippen LogP contribution in [-0.4, -0.2) is 91.3 Å². The molecule has 134 valence electrons. The van der Waals surface area contributed by atoms with E-state index in [0.717, 1.165) is 0 Å².